The van der Waals surface area contributed by atoms with Crippen molar-refractivity contribution in [1.82, 2.24) is 0 Å². The summed E-state index contributed by atoms with van der Waals surface area (Å²) in [5.41, 5.74) is -1.64. The zero-order chi connectivity index (χ0) is 9.90. The van der Waals surface area contributed by atoms with E-state index in [1.165, 1.54) is 12.3 Å². The van der Waals surface area contributed by atoms with Gasteiger partial charge in [0, 0.05) is 0 Å². The minimum absolute atomic E-state index is 0.154. The van der Waals surface area contributed by atoms with Crippen molar-refractivity contribution in [1.29, 1.82) is 0 Å². The Bertz CT molecular complexity index is 257. The van der Waals surface area contributed by atoms with Crippen molar-refractivity contribution < 1.29 is 24.2 Å². The largest absolute Gasteiger partial charge is 0.499 e. The molecule has 0 amide bonds. The molecule has 0 saturated carbocycles. The minimum atomic E-state index is -1.64. The van der Waals surface area contributed by atoms with E-state index in [-0.39, 0.29) is 13.2 Å². The highest BCUT2D eigenvalue weighted by Gasteiger charge is 2.49. The van der Waals surface area contributed by atoms with Crippen LogP contribution in [0.25, 0.3) is 0 Å². The van der Waals surface area contributed by atoms with E-state index in [4.69, 9.17) is 9.84 Å². The third-order valence-electron chi connectivity index (χ3n) is 1.78. The van der Waals surface area contributed by atoms with Gasteiger partial charge in [-0.05, 0) is 13.0 Å². The molecule has 5 heteroatoms. The molecule has 1 heterocycles. The van der Waals surface area contributed by atoms with E-state index in [9.17, 15) is 9.59 Å². The van der Waals surface area contributed by atoms with Crippen molar-refractivity contribution in [2.75, 3.05) is 13.2 Å². The van der Waals surface area contributed by atoms with Crippen LogP contribution in [0.3, 0.4) is 0 Å². The van der Waals surface area contributed by atoms with Crippen LogP contribution in [0.4, 0.5) is 0 Å². The predicted molar refractivity (Wildman–Crippen MR) is 41.8 cm³/mol. The lowest BCUT2D eigenvalue weighted by molar-refractivity contribution is -0.165. The molecule has 0 spiro atoms. The maximum atomic E-state index is 11.3. The fourth-order valence-corrected chi connectivity index (χ4v) is 0.999. The maximum Gasteiger partial charge on any atom is 0.331 e. The third kappa shape index (κ3) is 1.49. The summed E-state index contributed by atoms with van der Waals surface area (Å²) in [4.78, 5) is 22.1. The molecule has 0 aromatic rings. The van der Waals surface area contributed by atoms with Crippen LogP contribution in [0.1, 0.15) is 6.92 Å². The Morgan fingerprint density at radius 2 is 2.38 bits per heavy atom. The Labute approximate surface area is 74.9 Å². The maximum absolute atomic E-state index is 11.3. The number of aliphatic carboxylic acids is 1. The van der Waals surface area contributed by atoms with Gasteiger partial charge in [0.05, 0.1) is 12.9 Å². The zero-order valence-electron chi connectivity index (χ0n) is 7.15. The first-order valence-electron chi connectivity index (χ1n) is 3.83. The van der Waals surface area contributed by atoms with E-state index >= 15 is 0 Å². The van der Waals surface area contributed by atoms with Gasteiger partial charge >= 0.3 is 11.9 Å². The molecule has 0 aromatic heterocycles. The topological polar surface area (TPSA) is 72.8 Å². The van der Waals surface area contributed by atoms with E-state index in [1.807, 2.05) is 0 Å². The second-order valence-corrected chi connectivity index (χ2v) is 2.61. The van der Waals surface area contributed by atoms with Gasteiger partial charge in [0.15, 0.2) is 0 Å². The summed E-state index contributed by atoms with van der Waals surface area (Å²) in [6, 6.07) is 0. The Balaban J connectivity index is 2.85. The van der Waals surface area contributed by atoms with Crippen LogP contribution in [0.2, 0.25) is 0 Å². The van der Waals surface area contributed by atoms with Gasteiger partial charge in [0.1, 0.15) is 6.61 Å². The number of hydrogen-bond acceptors (Lipinski definition) is 4. The molecule has 1 rings (SSSR count). The van der Waals surface area contributed by atoms with Crippen molar-refractivity contribution >= 4 is 11.9 Å². The summed E-state index contributed by atoms with van der Waals surface area (Å²) >= 11 is 0. The van der Waals surface area contributed by atoms with Gasteiger partial charge in [-0.2, -0.15) is 0 Å². The van der Waals surface area contributed by atoms with Gasteiger partial charge in [-0.1, -0.05) is 0 Å². The van der Waals surface area contributed by atoms with Crippen LogP contribution in [-0.2, 0) is 19.1 Å². The van der Waals surface area contributed by atoms with Crippen LogP contribution in [0.5, 0.6) is 0 Å². The molecular weight excluding hydrogens is 176 g/mol. The van der Waals surface area contributed by atoms with Gasteiger partial charge in [0.25, 0.3) is 0 Å². The smallest absolute Gasteiger partial charge is 0.331 e. The number of esters is 1. The normalized spacial score (nSPS) is 25.3. The summed E-state index contributed by atoms with van der Waals surface area (Å²) in [6.45, 7) is 1.58. The lowest BCUT2D eigenvalue weighted by Crippen LogP contribution is -2.40. The van der Waals surface area contributed by atoms with Gasteiger partial charge in [0.2, 0.25) is 5.41 Å². The van der Waals surface area contributed by atoms with Crippen LogP contribution in [0.15, 0.2) is 12.3 Å². The lowest BCUT2D eigenvalue weighted by Gasteiger charge is -2.17. The van der Waals surface area contributed by atoms with Crippen LogP contribution in [-0.4, -0.2) is 30.3 Å². The van der Waals surface area contributed by atoms with Crippen LogP contribution in [0, 0.1) is 5.41 Å². The van der Waals surface area contributed by atoms with E-state index in [0.29, 0.717) is 0 Å². The molecule has 1 unspecified atom stereocenters. The summed E-state index contributed by atoms with van der Waals surface area (Å²) in [5.74, 6) is -2.03. The fourth-order valence-electron chi connectivity index (χ4n) is 0.999. The molecule has 13 heavy (non-hydrogen) atoms. The molecule has 0 radical (unpaired) electrons. The Hall–Kier alpha value is -1.52. The van der Waals surface area contributed by atoms with Gasteiger partial charge in [-0.15, -0.1) is 0 Å². The monoisotopic (exact) mass is 186 g/mol. The van der Waals surface area contributed by atoms with E-state index in [1.54, 1.807) is 6.92 Å². The second-order valence-electron chi connectivity index (χ2n) is 2.61. The van der Waals surface area contributed by atoms with E-state index in [0.717, 1.165) is 0 Å². The molecule has 1 aliphatic rings. The quantitative estimate of drug-likeness (QED) is 0.502. The number of carbonyl (C=O) groups is 2. The molecule has 0 aliphatic carbocycles. The average molecular weight is 186 g/mol. The molecule has 72 valence electrons. The zero-order valence-corrected chi connectivity index (χ0v) is 7.15. The molecule has 0 saturated heterocycles. The number of hydrogen-bond donors (Lipinski definition) is 1. The molecule has 1 atom stereocenters. The number of carboxylic acid groups (broad SMARTS) is 1. The summed E-state index contributed by atoms with van der Waals surface area (Å²) < 4.78 is 9.37. The van der Waals surface area contributed by atoms with E-state index < -0.39 is 17.4 Å². The Morgan fingerprint density at radius 1 is 1.69 bits per heavy atom. The number of carboxylic acids is 1. The second kappa shape index (κ2) is 3.47. The molecule has 0 fully saturated rings. The highest BCUT2D eigenvalue weighted by Crippen LogP contribution is 2.27. The molecular formula is C8H10O5. The van der Waals surface area contributed by atoms with Crippen molar-refractivity contribution in [2.24, 2.45) is 5.41 Å². The number of carbonyl (C=O) groups excluding carboxylic acids is 1. The van der Waals surface area contributed by atoms with Gasteiger partial charge in [-0.25, -0.2) is 0 Å². The molecule has 1 aliphatic heterocycles. The van der Waals surface area contributed by atoms with Crippen molar-refractivity contribution in [3.8, 4) is 0 Å². The van der Waals surface area contributed by atoms with Gasteiger partial charge < -0.3 is 14.6 Å². The first kappa shape index (κ1) is 9.57. The standard InChI is InChI=1S/C8H10O5/c1-2-13-7(11)8(6(9)10)3-4-12-5-8/h3-4H,2,5H2,1H3,(H,9,10). The number of rotatable bonds is 3. The summed E-state index contributed by atoms with van der Waals surface area (Å²) in [6.07, 6.45) is 2.40. The third-order valence-corrected chi connectivity index (χ3v) is 1.78. The summed E-state index contributed by atoms with van der Waals surface area (Å²) in [7, 11) is 0. The highest BCUT2D eigenvalue weighted by molar-refractivity contribution is 6.02. The van der Waals surface area contributed by atoms with Crippen molar-refractivity contribution in [3.63, 3.8) is 0 Å². The van der Waals surface area contributed by atoms with E-state index in [2.05, 4.69) is 4.74 Å². The number of ether oxygens (including phenoxy) is 2. The van der Waals surface area contributed by atoms with Crippen molar-refractivity contribution in [2.45, 2.75) is 6.92 Å². The van der Waals surface area contributed by atoms with Gasteiger partial charge in [-0.3, -0.25) is 9.59 Å². The highest BCUT2D eigenvalue weighted by atomic mass is 16.5. The fraction of sp³-hybridized carbons (Fsp3) is 0.500. The molecule has 1 N–H and O–H groups in total. The Morgan fingerprint density at radius 3 is 2.77 bits per heavy atom. The van der Waals surface area contributed by atoms with Crippen molar-refractivity contribution in [3.05, 3.63) is 12.3 Å². The first-order chi connectivity index (χ1) is 6.13. The predicted octanol–water partition coefficient (Wildman–Crippen LogP) is 0.164. The molecule has 5 nitrogen and oxygen atoms in total. The SMILES string of the molecule is CCOC(=O)C1(C(=O)O)C=COC1. The molecule has 0 aromatic carbocycles. The molecule has 0 bridgehead atoms. The minimum Gasteiger partial charge on any atom is -0.499 e. The Kier molecular flexibility index (Phi) is 2.55. The average Bonchev–Trinajstić information content (AvgIpc) is 2.53. The first-order valence-corrected chi connectivity index (χ1v) is 3.83. The van der Waals surface area contributed by atoms with Crippen LogP contribution >= 0.6 is 0 Å². The lowest BCUT2D eigenvalue weighted by atomic mass is 9.91. The summed E-state index contributed by atoms with van der Waals surface area (Å²) in [5, 5.41) is 8.83. The van der Waals surface area contributed by atoms with Crippen LogP contribution < -0.4 is 0 Å².